The molecule has 8 heteroatoms. The van der Waals surface area contributed by atoms with Gasteiger partial charge in [0.25, 0.3) is 0 Å². The zero-order valence-electron chi connectivity index (χ0n) is 21.5. The average molecular weight is 579 g/mol. The van der Waals surface area contributed by atoms with E-state index in [1.807, 2.05) is 0 Å². The molecule has 0 aliphatic heterocycles. The van der Waals surface area contributed by atoms with Crippen LogP contribution in [0.5, 0.6) is 0 Å². The lowest BCUT2D eigenvalue weighted by Gasteiger charge is -2.22. The number of hydrogen-bond acceptors (Lipinski definition) is 0. The first-order chi connectivity index (χ1) is 20.2. The Bertz CT molecular complexity index is 1840. The predicted octanol–water partition coefficient (Wildman–Crippen LogP) is 10.8. The molecule has 0 heterocycles. The van der Waals surface area contributed by atoms with E-state index in [2.05, 4.69) is 0 Å². The molecular formula is C34H18F8. The van der Waals surface area contributed by atoms with Crippen molar-refractivity contribution in [3.63, 3.8) is 0 Å². The average Bonchev–Trinajstić information content (AvgIpc) is 3.00. The number of halogens is 8. The zero-order chi connectivity index (χ0) is 29.7. The van der Waals surface area contributed by atoms with Gasteiger partial charge >= 0.3 is 0 Å². The fourth-order valence-electron chi connectivity index (χ4n) is 5.57. The van der Waals surface area contributed by atoms with E-state index in [9.17, 15) is 26.3 Å². The van der Waals surface area contributed by atoms with Gasteiger partial charge in [0.1, 0.15) is 13.3 Å². The van der Waals surface area contributed by atoms with Crippen LogP contribution in [-0.4, -0.2) is 0 Å². The van der Waals surface area contributed by atoms with Crippen LogP contribution in [0.2, 0.25) is 0 Å². The fourth-order valence-corrected chi connectivity index (χ4v) is 5.57. The topological polar surface area (TPSA) is 0 Å². The van der Waals surface area contributed by atoms with Crippen LogP contribution in [0.3, 0.4) is 0 Å². The SMILES string of the molecule is FCc1c(-c2cc(F)c(F)c(F)c2)cc2ccccc2c1-c1c(CF)c(-c2cc(F)c(F)c(F)c2)cc2ccccc12. The summed E-state index contributed by atoms with van der Waals surface area (Å²) in [6.07, 6.45) is 0. The zero-order valence-corrected chi connectivity index (χ0v) is 21.5. The second-order valence-corrected chi connectivity index (χ2v) is 9.77. The van der Waals surface area contributed by atoms with Gasteiger partial charge in [-0.15, -0.1) is 0 Å². The van der Waals surface area contributed by atoms with Crippen molar-refractivity contribution in [3.8, 4) is 33.4 Å². The Morgan fingerprint density at radius 1 is 0.429 bits per heavy atom. The van der Waals surface area contributed by atoms with Gasteiger partial charge in [0.2, 0.25) is 0 Å². The third-order valence-corrected chi connectivity index (χ3v) is 7.42. The number of benzene rings is 6. The van der Waals surface area contributed by atoms with Crippen LogP contribution in [0.4, 0.5) is 35.1 Å². The molecule has 6 rings (SSSR count). The molecular weight excluding hydrogens is 560 g/mol. The molecule has 0 spiro atoms. The van der Waals surface area contributed by atoms with E-state index in [0.29, 0.717) is 21.5 Å². The number of fused-ring (bicyclic) bond motifs is 2. The maximum atomic E-state index is 15.1. The Morgan fingerprint density at radius 2 is 0.762 bits per heavy atom. The van der Waals surface area contributed by atoms with E-state index < -0.39 is 48.3 Å². The van der Waals surface area contributed by atoms with Gasteiger partial charge in [-0.05, 0) is 102 Å². The second kappa shape index (κ2) is 10.6. The molecule has 0 saturated carbocycles. The Balaban J connectivity index is 1.80. The summed E-state index contributed by atoms with van der Waals surface area (Å²) in [7, 11) is 0. The molecule has 6 aromatic carbocycles. The second-order valence-electron chi connectivity index (χ2n) is 9.77. The van der Waals surface area contributed by atoms with Crippen LogP contribution in [-0.2, 0) is 13.3 Å². The molecule has 0 nitrogen and oxygen atoms in total. The number of hydrogen-bond donors (Lipinski definition) is 0. The van der Waals surface area contributed by atoms with Gasteiger partial charge in [-0.25, -0.2) is 35.1 Å². The third kappa shape index (κ3) is 4.38. The van der Waals surface area contributed by atoms with Crippen LogP contribution in [0.25, 0.3) is 54.9 Å². The highest BCUT2D eigenvalue weighted by molar-refractivity contribution is 6.11. The number of alkyl halides is 2. The van der Waals surface area contributed by atoms with Crippen molar-refractivity contribution >= 4 is 21.5 Å². The molecule has 0 aliphatic rings. The molecule has 0 bridgehead atoms. The van der Waals surface area contributed by atoms with Crippen LogP contribution in [0.1, 0.15) is 11.1 Å². The van der Waals surface area contributed by atoms with Gasteiger partial charge < -0.3 is 0 Å². The van der Waals surface area contributed by atoms with E-state index in [0.717, 1.165) is 24.3 Å². The lowest BCUT2D eigenvalue weighted by atomic mass is 9.81. The maximum absolute atomic E-state index is 15.1. The minimum atomic E-state index is -1.68. The van der Waals surface area contributed by atoms with Crippen LogP contribution in [0, 0.1) is 34.9 Å². The molecule has 0 N–H and O–H groups in total. The Hall–Kier alpha value is -4.72. The molecule has 6 aromatic rings. The highest BCUT2D eigenvalue weighted by Crippen LogP contribution is 2.46. The summed E-state index contributed by atoms with van der Waals surface area (Å²) < 4.78 is 115. The van der Waals surface area contributed by atoms with Crippen LogP contribution < -0.4 is 0 Å². The highest BCUT2D eigenvalue weighted by atomic mass is 19.2. The fraction of sp³-hybridized carbons (Fsp3) is 0.0588. The smallest absolute Gasteiger partial charge is 0.194 e. The summed E-state index contributed by atoms with van der Waals surface area (Å²) >= 11 is 0. The molecule has 0 saturated heterocycles. The Kier molecular flexibility index (Phi) is 6.93. The van der Waals surface area contributed by atoms with Gasteiger partial charge in [0, 0.05) is 0 Å². The number of rotatable bonds is 5. The molecule has 42 heavy (non-hydrogen) atoms. The maximum Gasteiger partial charge on any atom is 0.194 e. The molecule has 0 aromatic heterocycles. The molecule has 0 radical (unpaired) electrons. The quantitative estimate of drug-likeness (QED) is 0.141. The third-order valence-electron chi connectivity index (χ3n) is 7.42. The molecule has 0 unspecified atom stereocenters. The lowest BCUT2D eigenvalue weighted by molar-refractivity contribution is 0.447. The summed E-state index contributed by atoms with van der Waals surface area (Å²) in [4.78, 5) is 0. The summed E-state index contributed by atoms with van der Waals surface area (Å²) in [5, 5.41) is 1.93. The normalized spacial score (nSPS) is 11.5. The van der Waals surface area contributed by atoms with Gasteiger partial charge in [-0.2, -0.15) is 0 Å². The minimum absolute atomic E-state index is 0.0437. The van der Waals surface area contributed by atoms with Gasteiger partial charge in [-0.3, -0.25) is 0 Å². The largest absolute Gasteiger partial charge is 0.246 e. The Morgan fingerprint density at radius 3 is 1.10 bits per heavy atom. The molecule has 0 aliphatic carbocycles. The standard InChI is InChI=1S/C34H18F8/c35-15-25-23(19-11-27(37)33(41)28(38)12-19)9-17-5-1-3-7-21(17)31(25)32-22-8-4-2-6-18(22)10-24(26(32)16-36)20-13-29(39)34(42)30(40)14-20/h1-14H,15-16H2. The van der Waals surface area contributed by atoms with Crippen LogP contribution >= 0.6 is 0 Å². The van der Waals surface area contributed by atoms with E-state index in [-0.39, 0.29) is 44.5 Å². The predicted molar refractivity (Wildman–Crippen MR) is 147 cm³/mol. The van der Waals surface area contributed by atoms with E-state index in [1.54, 1.807) is 48.5 Å². The van der Waals surface area contributed by atoms with Crippen molar-refractivity contribution in [2.45, 2.75) is 13.3 Å². The lowest BCUT2D eigenvalue weighted by Crippen LogP contribution is -2.02. The molecule has 210 valence electrons. The molecule has 0 amide bonds. The first-order valence-electron chi connectivity index (χ1n) is 12.7. The monoisotopic (exact) mass is 578 g/mol. The van der Waals surface area contributed by atoms with E-state index in [1.165, 1.54) is 12.1 Å². The summed E-state index contributed by atoms with van der Waals surface area (Å²) in [6, 6.07) is 19.4. The molecule has 0 fully saturated rings. The van der Waals surface area contributed by atoms with Crippen molar-refractivity contribution in [1.29, 1.82) is 0 Å². The van der Waals surface area contributed by atoms with Gasteiger partial charge in [0.05, 0.1) is 0 Å². The highest BCUT2D eigenvalue weighted by Gasteiger charge is 2.25. The first-order valence-corrected chi connectivity index (χ1v) is 12.7. The van der Waals surface area contributed by atoms with E-state index >= 15 is 8.78 Å². The van der Waals surface area contributed by atoms with Crippen molar-refractivity contribution in [2.75, 3.05) is 0 Å². The first kappa shape index (κ1) is 27.4. The van der Waals surface area contributed by atoms with Crippen molar-refractivity contribution in [1.82, 2.24) is 0 Å². The van der Waals surface area contributed by atoms with Crippen molar-refractivity contribution in [2.24, 2.45) is 0 Å². The van der Waals surface area contributed by atoms with E-state index in [4.69, 9.17) is 0 Å². The van der Waals surface area contributed by atoms with Crippen molar-refractivity contribution in [3.05, 3.63) is 131 Å². The molecule has 0 atom stereocenters. The Labute approximate surface area is 234 Å². The summed E-state index contributed by atoms with van der Waals surface area (Å²) in [6.45, 7) is -2.33. The summed E-state index contributed by atoms with van der Waals surface area (Å²) in [5.74, 6) is -9.25. The van der Waals surface area contributed by atoms with Gasteiger partial charge in [-0.1, -0.05) is 48.5 Å². The summed E-state index contributed by atoms with van der Waals surface area (Å²) in [5.41, 5.74) is 0.0467. The van der Waals surface area contributed by atoms with Crippen LogP contribution in [0.15, 0.2) is 84.9 Å². The van der Waals surface area contributed by atoms with Crippen molar-refractivity contribution < 1.29 is 35.1 Å². The van der Waals surface area contributed by atoms with Gasteiger partial charge in [0.15, 0.2) is 34.9 Å². The minimum Gasteiger partial charge on any atom is -0.246 e.